The van der Waals surface area contributed by atoms with E-state index in [9.17, 15) is 0 Å². The predicted octanol–water partition coefficient (Wildman–Crippen LogP) is 7.31. The van der Waals surface area contributed by atoms with Gasteiger partial charge in [-0.3, -0.25) is 4.57 Å². The van der Waals surface area contributed by atoms with E-state index in [0.29, 0.717) is 28.0 Å². The number of aromatic nitrogens is 2. The molecule has 0 saturated heterocycles. The quantitative estimate of drug-likeness (QED) is 0.283. The molecule has 2 nitrogen and oxygen atoms in total. The van der Waals surface area contributed by atoms with Crippen LogP contribution in [0, 0.1) is 6.92 Å². The van der Waals surface area contributed by atoms with Crippen molar-refractivity contribution in [3.05, 3.63) is 109 Å². The van der Waals surface area contributed by atoms with Crippen LogP contribution in [0.2, 0.25) is 0 Å². The average molecular weight is 393 g/mol. The third kappa shape index (κ3) is 2.40. The Hall–Kier alpha value is -3.91. The van der Waals surface area contributed by atoms with Gasteiger partial charge < -0.3 is 0 Å². The van der Waals surface area contributed by atoms with Crippen LogP contribution >= 0.6 is 0 Å². The van der Waals surface area contributed by atoms with Crippen molar-refractivity contribution < 1.29 is 11.0 Å². The van der Waals surface area contributed by atoms with E-state index in [0.717, 1.165) is 0 Å². The van der Waals surface area contributed by atoms with Gasteiger partial charge in [-0.1, -0.05) is 90.8 Å². The second-order valence-electron chi connectivity index (χ2n) is 7.07. The molecule has 0 atom stereocenters. The number of hydrogen-bond acceptors (Lipinski definition) is 1. The van der Waals surface area contributed by atoms with Gasteiger partial charge in [0.15, 0.2) is 0 Å². The summed E-state index contributed by atoms with van der Waals surface area (Å²) in [5.74, 6) is 0.515. The first-order valence-electron chi connectivity index (χ1n) is 13.6. The second-order valence-corrected chi connectivity index (χ2v) is 7.07. The first kappa shape index (κ1) is 10.7. The number of fused-ring (bicyclic) bond motifs is 3. The molecule has 0 spiro atoms. The first-order valence-corrected chi connectivity index (χ1v) is 9.61. The average Bonchev–Trinajstić information content (AvgIpc) is 3.26. The summed E-state index contributed by atoms with van der Waals surface area (Å²) in [7, 11) is 0. The fourth-order valence-electron chi connectivity index (χ4n) is 4.15. The third-order valence-electron chi connectivity index (χ3n) is 5.36. The van der Waals surface area contributed by atoms with E-state index in [4.69, 9.17) is 11.0 Å². The molecule has 0 fully saturated rings. The highest BCUT2D eigenvalue weighted by molar-refractivity contribution is 6.18. The van der Waals surface area contributed by atoms with Crippen LogP contribution in [0.15, 0.2) is 103 Å². The standard InChI is InChI=1S/C28H20N2/c1-19-29-25-17-9-10-18-26(25)30(19)28-23-15-7-5-13-21(23)27(20-11-3-2-4-12-20)22-14-6-8-16-24(22)28/h2-18H,1H3/i5D,6D,7D,8D,13D,14D,15D,16D. The van der Waals surface area contributed by atoms with E-state index in [1.54, 1.807) is 35.8 Å². The minimum absolute atomic E-state index is 0.165. The van der Waals surface area contributed by atoms with Gasteiger partial charge in [0.2, 0.25) is 0 Å². The molecule has 0 radical (unpaired) electrons. The van der Waals surface area contributed by atoms with Crippen LogP contribution < -0.4 is 0 Å². The molecule has 0 aliphatic heterocycles. The highest BCUT2D eigenvalue weighted by atomic mass is 15.1. The molecule has 1 heterocycles. The van der Waals surface area contributed by atoms with E-state index < -0.39 is 24.2 Å². The van der Waals surface area contributed by atoms with E-state index in [2.05, 4.69) is 4.98 Å². The number of aryl methyl sites for hydroxylation is 1. The molecule has 6 rings (SSSR count). The SMILES string of the molecule is [2H]c1c([2H])c([2H])c2c(-n3c(C)nc4ccccc43)c3c([2H])c([2H])c([2H])c([2H])c3c(-c3ccccc3)c2c1[2H]. The second kappa shape index (κ2) is 6.57. The molecule has 0 aliphatic carbocycles. The lowest BCUT2D eigenvalue weighted by molar-refractivity contribution is 1.02. The van der Waals surface area contributed by atoms with Crippen LogP contribution in [0.4, 0.5) is 0 Å². The molecule has 2 heteroatoms. The summed E-state index contributed by atoms with van der Waals surface area (Å²) in [6.07, 6.45) is 0. The molecule has 1 aromatic heterocycles. The minimum Gasteiger partial charge on any atom is -0.295 e. The largest absolute Gasteiger partial charge is 0.295 e. The number of para-hydroxylation sites is 2. The van der Waals surface area contributed by atoms with Crippen molar-refractivity contribution >= 4 is 32.6 Å². The number of hydrogen-bond donors (Lipinski definition) is 0. The van der Waals surface area contributed by atoms with Crippen molar-refractivity contribution in [2.75, 3.05) is 0 Å². The Morgan fingerprint density at radius 3 is 1.93 bits per heavy atom. The van der Waals surface area contributed by atoms with Crippen LogP contribution in [0.5, 0.6) is 0 Å². The molecule has 5 aromatic carbocycles. The monoisotopic (exact) mass is 392 g/mol. The number of imidazole rings is 1. The summed E-state index contributed by atoms with van der Waals surface area (Å²) in [4.78, 5) is 4.65. The summed E-state index contributed by atoms with van der Waals surface area (Å²) in [5, 5.41) is 0.705. The smallest absolute Gasteiger partial charge is 0.111 e. The van der Waals surface area contributed by atoms with Gasteiger partial charge in [-0.25, -0.2) is 4.98 Å². The molecule has 0 amide bonds. The van der Waals surface area contributed by atoms with Gasteiger partial charge in [0.05, 0.1) is 27.7 Å². The Morgan fingerprint density at radius 1 is 0.700 bits per heavy atom. The zero-order valence-electron chi connectivity index (χ0n) is 24.1. The van der Waals surface area contributed by atoms with Crippen LogP contribution in [0.25, 0.3) is 49.4 Å². The van der Waals surface area contributed by atoms with Crippen molar-refractivity contribution in [1.29, 1.82) is 0 Å². The van der Waals surface area contributed by atoms with Gasteiger partial charge in [-0.15, -0.1) is 0 Å². The molecular weight excluding hydrogens is 364 g/mol. The molecule has 0 saturated carbocycles. The van der Waals surface area contributed by atoms with Gasteiger partial charge in [0.25, 0.3) is 0 Å². The normalized spacial score (nSPS) is 15.2. The fourth-order valence-corrected chi connectivity index (χ4v) is 4.15. The molecule has 0 unspecified atom stereocenters. The summed E-state index contributed by atoms with van der Waals surface area (Å²) < 4.78 is 71.5. The fraction of sp³-hybridized carbons (Fsp3) is 0.0357. The van der Waals surface area contributed by atoms with Gasteiger partial charge in [-0.05, 0) is 41.0 Å². The van der Waals surface area contributed by atoms with Gasteiger partial charge >= 0.3 is 0 Å². The Bertz CT molecular complexity index is 1880. The molecule has 0 N–H and O–H groups in total. The van der Waals surface area contributed by atoms with Crippen molar-refractivity contribution in [1.82, 2.24) is 9.55 Å². The Labute approximate surface area is 186 Å². The van der Waals surface area contributed by atoms with E-state index in [-0.39, 0.29) is 51.4 Å². The summed E-state index contributed by atoms with van der Waals surface area (Å²) >= 11 is 0. The molecular formula is C28H20N2. The van der Waals surface area contributed by atoms with Crippen molar-refractivity contribution in [2.45, 2.75) is 6.92 Å². The molecule has 142 valence electrons. The van der Waals surface area contributed by atoms with Crippen LogP contribution in [0.1, 0.15) is 16.8 Å². The lowest BCUT2D eigenvalue weighted by Gasteiger charge is -2.19. The summed E-state index contributed by atoms with van der Waals surface area (Å²) in [6.45, 7) is 1.76. The molecule has 6 aromatic rings. The highest BCUT2D eigenvalue weighted by Crippen LogP contribution is 2.41. The molecule has 30 heavy (non-hydrogen) atoms. The Morgan fingerprint density at radius 2 is 1.27 bits per heavy atom. The van der Waals surface area contributed by atoms with Crippen molar-refractivity contribution in [2.24, 2.45) is 0 Å². The van der Waals surface area contributed by atoms with Gasteiger partial charge in [0.1, 0.15) is 5.82 Å². The van der Waals surface area contributed by atoms with Crippen molar-refractivity contribution in [3.8, 4) is 16.8 Å². The Kier molecular flexibility index (Phi) is 2.35. The van der Waals surface area contributed by atoms with E-state index >= 15 is 0 Å². The number of rotatable bonds is 2. The van der Waals surface area contributed by atoms with Crippen LogP contribution in [0.3, 0.4) is 0 Å². The molecule has 0 bridgehead atoms. The maximum absolute atomic E-state index is 8.99. The predicted molar refractivity (Wildman–Crippen MR) is 126 cm³/mol. The van der Waals surface area contributed by atoms with Crippen LogP contribution in [-0.2, 0) is 0 Å². The lowest BCUT2D eigenvalue weighted by atomic mass is 9.90. The maximum atomic E-state index is 8.99. The van der Waals surface area contributed by atoms with Gasteiger partial charge in [0, 0.05) is 10.8 Å². The zero-order valence-corrected chi connectivity index (χ0v) is 16.1. The lowest BCUT2D eigenvalue weighted by Crippen LogP contribution is -2.01. The van der Waals surface area contributed by atoms with Crippen molar-refractivity contribution in [3.63, 3.8) is 0 Å². The minimum atomic E-state index is -0.426. The third-order valence-corrected chi connectivity index (χ3v) is 5.36. The summed E-state index contributed by atoms with van der Waals surface area (Å²) in [6, 6.07) is 13.4. The number of benzene rings is 5. The first-order chi connectivity index (χ1) is 18.1. The maximum Gasteiger partial charge on any atom is 0.111 e. The molecule has 0 aliphatic rings. The van der Waals surface area contributed by atoms with Gasteiger partial charge in [-0.2, -0.15) is 0 Å². The Balaban J connectivity index is 2.06. The zero-order chi connectivity index (χ0) is 27.0. The topological polar surface area (TPSA) is 17.8 Å². The summed E-state index contributed by atoms with van der Waals surface area (Å²) in [5.41, 5.74) is 2.47. The number of nitrogens with zero attached hydrogens (tertiary/aromatic N) is 2. The highest BCUT2D eigenvalue weighted by Gasteiger charge is 2.18. The van der Waals surface area contributed by atoms with E-state index in [1.165, 1.54) is 0 Å². The van der Waals surface area contributed by atoms with Crippen LogP contribution in [-0.4, -0.2) is 9.55 Å². The van der Waals surface area contributed by atoms with E-state index in [1.807, 2.05) is 30.3 Å².